The van der Waals surface area contributed by atoms with E-state index in [2.05, 4.69) is 18.9 Å². The van der Waals surface area contributed by atoms with Gasteiger partial charge in [-0.1, -0.05) is 26.0 Å². The van der Waals surface area contributed by atoms with E-state index in [0.29, 0.717) is 12.3 Å². The van der Waals surface area contributed by atoms with Crippen molar-refractivity contribution < 1.29 is 9.53 Å². The molecule has 1 heterocycles. The molecule has 0 saturated carbocycles. The zero-order chi connectivity index (χ0) is 15.6. The molecule has 0 saturated heterocycles. The first kappa shape index (κ1) is 15.3. The molecule has 1 aromatic carbocycles. The van der Waals surface area contributed by atoms with Crippen molar-refractivity contribution in [1.82, 2.24) is 9.78 Å². The van der Waals surface area contributed by atoms with Gasteiger partial charge >= 0.3 is 0 Å². The van der Waals surface area contributed by atoms with Crippen LogP contribution in [0.5, 0.6) is 5.75 Å². The monoisotopic (exact) mass is 286 g/mol. The Hall–Kier alpha value is -2.10. The van der Waals surface area contributed by atoms with Crippen LogP contribution in [0.2, 0.25) is 0 Å². The molecule has 0 aliphatic heterocycles. The van der Waals surface area contributed by atoms with Gasteiger partial charge in [0.1, 0.15) is 5.75 Å². The maximum absolute atomic E-state index is 12.4. The maximum atomic E-state index is 12.4. The number of carbonyl (C=O) groups excluding carboxylic acids is 1. The third-order valence-corrected chi connectivity index (χ3v) is 3.68. The Bertz CT molecular complexity index is 640. The van der Waals surface area contributed by atoms with Crippen LogP contribution in [0.1, 0.15) is 47.1 Å². The van der Waals surface area contributed by atoms with Gasteiger partial charge in [-0.25, -0.2) is 4.68 Å². The Balaban J connectivity index is 2.22. The molecule has 1 aromatic heterocycles. The van der Waals surface area contributed by atoms with Gasteiger partial charge in [0.05, 0.1) is 19.2 Å². The molecule has 0 N–H and O–H groups in total. The van der Waals surface area contributed by atoms with E-state index in [1.54, 1.807) is 7.11 Å². The van der Waals surface area contributed by atoms with Gasteiger partial charge in [0.25, 0.3) is 5.91 Å². The van der Waals surface area contributed by atoms with Crippen molar-refractivity contribution in [3.63, 3.8) is 0 Å². The van der Waals surface area contributed by atoms with Gasteiger partial charge in [0.2, 0.25) is 0 Å². The predicted molar refractivity (Wildman–Crippen MR) is 83.1 cm³/mol. The Labute approximate surface area is 125 Å². The average molecular weight is 286 g/mol. The van der Waals surface area contributed by atoms with E-state index in [0.717, 1.165) is 28.3 Å². The summed E-state index contributed by atoms with van der Waals surface area (Å²) in [6.07, 6.45) is 0.337. The van der Waals surface area contributed by atoms with Crippen LogP contribution in [-0.2, 0) is 6.42 Å². The smallest absolute Gasteiger partial charge is 0.251 e. The highest BCUT2D eigenvalue weighted by molar-refractivity contribution is 5.81. The molecule has 2 aromatic rings. The second-order valence-electron chi connectivity index (χ2n) is 5.57. The van der Waals surface area contributed by atoms with E-state index in [-0.39, 0.29) is 5.91 Å². The molecule has 21 heavy (non-hydrogen) atoms. The van der Waals surface area contributed by atoms with Crippen molar-refractivity contribution >= 4 is 5.91 Å². The van der Waals surface area contributed by atoms with Crippen LogP contribution in [-0.4, -0.2) is 22.8 Å². The number of carbonyl (C=O) groups is 1. The van der Waals surface area contributed by atoms with E-state index in [9.17, 15) is 4.79 Å². The molecule has 4 nitrogen and oxygen atoms in total. The van der Waals surface area contributed by atoms with Crippen molar-refractivity contribution in [3.05, 3.63) is 46.8 Å². The lowest BCUT2D eigenvalue weighted by Crippen LogP contribution is -2.17. The van der Waals surface area contributed by atoms with Gasteiger partial charge in [-0.2, -0.15) is 5.10 Å². The lowest BCUT2D eigenvalue weighted by Gasteiger charge is -2.07. The third kappa shape index (κ3) is 3.15. The lowest BCUT2D eigenvalue weighted by atomic mass is 10.0. The van der Waals surface area contributed by atoms with E-state index < -0.39 is 0 Å². The summed E-state index contributed by atoms with van der Waals surface area (Å²) in [5, 5.41) is 4.40. The van der Waals surface area contributed by atoms with Gasteiger partial charge in [-0.3, -0.25) is 4.79 Å². The van der Waals surface area contributed by atoms with Gasteiger partial charge in [-0.15, -0.1) is 0 Å². The fraction of sp³-hybridized carbons (Fsp3) is 0.412. The van der Waals surface area contributed by atoms with Crippen LogP contribution < -0.4 is 4.74 Å². The zero-order valence-corrected chi connectivity index (χ0v) is 13.3. The van der Waals surface area contributed by atoms with Gasteiger partial charge < -0.3 is 4.74 Å². The number of benzene rings is 1. The van der Waals surface area contributed by atoms with E-state index in [1.165, 1.54) is 4.68 Å². The molecule has 0 bridgehead atoms. The average Bonchev–Trinajstić information content (AvgIpc) is 2.75. The van der Waals surface area contributed by atoms with Gasteiger partial charge in [0, 0.05) is 5.69 Å². The molecular weight excluding hydrogens is 264 g/mol. The summed E-state index contributed by atoms with van der Waals surface area (Å²) >= 11 is 0. The van der Waals surface area contributed by atoms with Crippen molar-refractivity contribution in [2.24, 2.45) is 0 Å². The number of hydrogen-bond donors (Lipinski definition) is 0. The minimum atomic E-state index is -0.00679. The fourth-order valence-electron chi connectivity index (χ4n) is 2.73. The van der Waals surface area contributed by atoms with Crippen molar-refractivity contribution in [2.45, 2.75) is 40.0 Å². The van der Waals surface area contributed by atoms with Crippen molar-refractivity contribution in [2.75, 3.05) is 7.11 Å². The Morgan fingerprint density at radius 3 is 2.33 bits per heavy atom. The lowest BCUT2D eigenvalue weighted by molar-refractivity contribution is 0.0895. The van der Waals surface area contributed by atoms with Gasteiger partial charge in [0.15, 0.2) is 0 Å². The quantitative estimate of drug-likeness (QED) is 0.864. The van der Waals surface area contributed by atoms with Crippen LogP contribution in [0.4, 0.5) is 0 Å². The van der Waals surface area contributed by atoms with Crippen LogP contribution in [0.25, 0.3) is 0 Å². The van der Waals surface area contributed by atoms with E-state index >= 15 is 0 Å². The number of nitrogens with zero attached hydrogens (tertiary/aromatic N) is 2. The first-order chi connectivity index (χ1) is 9.93. The molecule has 4 heteroatoms. The number of hydrogen-bond acceptors (Lipinski definition) is 3. The maximum Gasteiger partial charge on any atom is 0.251 e. The largest absolute Gasteiger partial charge is 0.497 e. The highest BCUT2D eigenvalue weighted by Crippen LogP contribution is 2.23. The first-order valence-corrected chi connectivity index (χ1v) is 7.16. The summed E-state index contributed by atoms with van der Waals surface area (Å²) in [5.74, 6) is 1.15. The minimum absolute atomic E-state index is 0.00679. The number of aromatic nitrogens is 2. The number of rotatable bonds is 4. The normalized spacial score (nSPS) is 11.0. The molecule has 0 atom stereocenters. The molecule has 0 aliphatic carbocycles. The summed E-state index contributed by atoms with van der Waals surface area (Å²) < 4.78 is 6.66. The molecule has 0 radical (unpaired) electrons. The summed E-state index contributed by atoms with van der Waals surface area (Å²) in [6.45, 7) is 8.16. The SMILES string of the molecule is COc1ccc(CC(=O)n2nc(C)c(C(C)C)c2C)cc1. The molecule has 0 fully saturated rings. The van der Waals surface area contributed by atoms with E-state index in [4.69, 9.17) is 4.74 Å². The highest BCUT2D eigenvalue weighted by atomic mass is 16.5. The van der Waals surface area contributed by atoms with Gasteiger partial charge in [-0.05, 0) is 43.0 Å². The fourth-order valence-corrected chi connectivity index (χ4v) is 2.73. The number of aryl methyl sites for hydroxylation is 1. The number of ether oxygens (including phenoxy) is 1. The Kier molecular flexibility index (Phi) is 4.46. The van der Waals surface area contributed by atoms with Crippen LogP contribution in [0.3, 0.4) is 0 Å². The highest BCUT2D eigenvalue weighted by Gasteiger charge is 2.18. The van der Waals surface area contributed by atoms with Crippen LogP contribution >= 0.6 is 0 Å². The summed E-state index contributed by atoms with van der Waals surface area (Å²) in [5.41, 5.74) is 4.00. The summed E-state index contributed by atoms with van der Waals surface area (Å²) in [7, 11) is 1.63. The minimum Gasteiger partial charge on any atom is -0.497 e. The zero-order valence-electron chi connectivity index (χ0n) is 13.3. The molecular formula is C17H22N2O2. The topological polar surface area (TPSA) is 44.1 Å². The summed E-state index contributed by atoms with van der Waals surface area (Å²) in [4.78, 5) is 12.4. The van der Waals surface area contributed by atoms with E-state index in [1.807, 2.05) is 38.1 Å². The second kappa shape index (κ2) is 6.12. The van der Waals surface area contributed by atoms with Crippen molar-refractivity contribution in [3.8, 4) is 5.75 Å². The molecule has 112 valence electrons. The molecule has 2 rings (SSSR count). The molecule has 0 amide bonds. The number of methoxy groups -OCH3 is 1. The van der Waals surface area contributed by atoms with Crippen molar-refractivity contribution in [1.29, 1.82) is 0 Å². The second-order valence-corrected chi connectivity index (χ2v) is 5.57. The van der Waals surface area contributed by atoms with Crippen LogP contribution in [0, 0.1) is 13.8 Å². The molecule has 0 spiro atoms. The van der Waals surface area contributed by atoms with Crippen LogP contribution in [0.15, 0.2) is 24.3 Å². The third-order valence-electron chi connectivity index (χ3n) is 3.68. The standard InChI is InChI=1S/C17H22N2O2/c1-11(2)17-12(3)18-19(13(17)4)16(20)10-14-6-8-15(21-5)9-7-14/h6-9,11H,10H2,1-5H3. The predicted octanol–water partition coefficient (Wildman–Crippen LogP) is 3.51. The molecule has 0 aliphatic rings. The summed E-state index contributed by atoms with van der Waals surface area (Å²) in [6, 6.07) is 7.55. The molecule has 0 unspecified atom stereocenters. The first-order valence-electron chi connectivity index (χ1n) is 7.16. The Morgan fingerprint density at radius 2 is 1.86 bits per heavy atom. The Morgan fingerprint density at radius 1 is 1.24 bits per heavy atom.